The van der Waals surface area contributed by atoms with Crippen LogP contribution >= 0.6 is 0 Å². The summed E-state index contributed by atoms with van der Waals surface area (Å²) in [5.41, 5.74) is 8.02. The van der Waals surface area contributed by atoms with Crippen LogP contribution in [0.3, 0.4) is 0 Å². The quantitative estimate of drug-likeness (QED) is 0.826. The zero-order valence-corrected chi connectivity index (χ0v) is 10.7. The Balaban J connectivity index is 1.86. The molecule has 0 fully saturated rings. The van der Waals surface area contributed by atoms with E-state index in [-0.39, 0.29) is 12.5 Å². The average Bonchev–Trinajstić information content (AvgIpc) is 2.39. The molecule has 98 valence electrons. The van der Waals surface area contributed by atoms with Crippen molar-refractivity contribution in [1.82, 2.24) is 0 Å². The molecular weight excluding hydrogens is 240 g/mol. The maximum absolute atomic E-state index is 11.7. The molecule has 0 aromatic heterocycles. The van der Waals surface area contributed by atoms with Gasteiger partial charge in [0.15, 0.2) is 6.61 Å². The Labute approximate surface area is 112 Å². The van der Waals surface area contributed by atoms with Gasteiger partial charge in [-0.3, -0.25) is 4.79 Å². The fourth-order valence-corrected chi connectivity index (χ4v) is 1.62. The number of benzene rings is 2. The molecule has 0 radical (unpaired) electrons. The number of nitrogen functional groups attached to an aromatic ring is 1. The van der Waals surface area contributed by atoms with Gasteiger partial charge in [-0.05, 0) is 48.9 Å². The van der Waals surface area contributed by atoms with E-state index in [0.717, 1.165) is 5.56 Å². The van der Waals surface area contributed by atoms with Crippen LogP contribution in [0.25, 0.3) is 0 Å². The fraction of sp³-hybridized carbons (Fsp3) is 0.133. The summed E-state index contributed by atoms with van der Waals surface area (Å²) in [5, 5.41) is 2.73. The van der Waals surface area contributed by atoms with Gasteiger partial charge in [0, 0.05) is 11.4 Å². The van der Waals surface area contributed by atoms with Gasteiger partial charge in [-0.15, -0.1) is 0 Å². The zero-order chi connectivity index (χ0) is 13.7. The number of ether oxygens (including phenoxy) is 1. The molecule has 0 atom stereocenters. The van der Waals surface area contributed by atoms with Crippen molar-refractivity contribution in [3.8, 4) is 5.75 Å². The smallest absolute Gasteiger partial charge is 0.262 e. The SMILES string of the molecule is Cc1cccc(OCC(=O)Nc2ccc(N)cc2)c1. The molecule has 0 aliphatic carbocycles. The van der Waals surface area contributed by atoms with Crippen LogP contribution in [0.15, 0.2) is 48.5 Å². The van der Waals surface area contributed by atoms with Gasteiger partial charge >= 0.3 is 0 Å². The topological polar surface area (TPSA) is 64.3 Å². The van der Waals surface area contributed by atoms with E-state index in [1.54, 1.807) is 24.3 Å². The first kappa shape index (κ1) is 13.0. The van der Waals surface area contributed by atoms with Crippen LogP contribution in [-0.2, 0) is 4.79 Å². The van der Waals surface area contributed by atoms with Crippen molar-refractivity contribution < 1.29 is 9.53 Å². The normalized spacial score (nSPS) is 9.95. The highest BCUT2D eigenvalue weighted by molar-refractivity contribution is 5.92. The van der Waals surface area contributed by atoms with Gasteiger partial charge < -0.3 is 15.8 Å². The molecule has 0 heterocycles. The van der Waals surface area contributed by atoms with Crippen LogP contribution in [0, 0.1) is 6.92 Å². The Morgan fingerprint density at radius 3 is 2.63 bits per heavy atom. The molecular formula is C15H16N2O2. The average molecular weight is 256 g/mol. The van der Waals surface area contributed by atoms with Crippen LogP contribution in [0.4, 0.5) is 11.4 Å². The van der Waals surface area contributed by atoms with Gasteiger partial charge in [-0.2, -0.15) is 0 Å². The van der Waals surface area contributed by atoms with Crippen molar-refractivity contribution >= 4 is 17.3 Å². The maximum Gasteiger partial charge on any atom is 0.262 e. The Bertz CT molecular complexity index is 565. The van der Waals surface area contributed by atoms with Crippen molar-refractivity contribution in [3.05, 3.63) is 54.1 Å². The third-order valence-corrected chi connectivity index (χ3v) is 2.55. The summed E-state index contributed by atoms with van der Waals surface area (Å²) in [5.74, 6) is 0.485. The number of rotatable bonds is 4. The Morgan fingerprint density at radius 1 is 1.21 bits per heavy atom. The monoisotopic (exact) mass is 256 g/mol. The standard InChI is InChI=1S/C15H16N2O2/c1-11-3-2-4-14(9-11)19-10-15(18)17-13-7-5-12(16)6-8-13/h2-9H,10,16H2,1H3,(H,17,18). The van der Waals surface area contributed by atoms with Gasteiger partial charge in [0.25, 0.3) is 5.91 Å². The highest BCUT2D eigenvalue weighted by atomic mass is 16.5. The Morgan fingerprint density at radius 2 is 1.95 bits per heavy atom. The number of hydrogen-bond donors (Lipinski definition) is 2. The van der Waals surface area contributed by atoms with E-state index < -0.39 is 0 Å². The molecule has 0 saturated carbocycles. The number of nitrogens with two attached hydrogens (primary N) is 1. The fourth-order valence-electron chi connectivity index (χ4n) is 1.62. The first-order valence-corrected chi connectivity index (χ1v) is 5.98. The second-order valence-electron chi connectivity index (χ2n) is 4.28. The highest BCUT2D eigenvalue weighted by Crippen LogP contribution is 2.13. The summed E-state index contributed by atoms with van der Waals surface area (Å²) in [6.07, 6.45) is 0. The Kier molecular flexibility index (Phi) is 4.03. The van der Waals surface area contributed by atoms with Crippen LogP contribution < -0.4 is 15.8 Å². The molecule has 0 spiro atoms. The third-order valence-electron chi connectivity index (χ3n) is 2.55. The number of carbonyl (C=O) groups is 1. The first-order chi connectivity index (χ1) is 9.13. The predicted octanol–water partition coefficient (Wildman–Crippen LogP) is 2.59. The summed E-state index contributed by atoms with van der Waals surface area (Å²) in [6, 6.07) is 14.5. The Hall–Kier alpha value is -2.49. The zero-order valence-electron chi connectivity index (χ0n) is 10.7. The van der Waals surface area contributed by atoms with Crippen LogP contribution in [0.2, 0.25) is 0 Å². The molecule has 0 aliphatic heterocycles. The molecule has 2 aromatic carbocycles. The second kappa shape index (κ2) is 5.91. The van der Waals surface area contributed by atoms with Gasteiger partial charge in [-0.1, -0.05) is 12.1 Å². The number of nitrogens with one attached hydrogen (secondary N) is 1. The van der Waals surface area contributed by atoms with Gasteiger partial charge in [-0.25, -0.2) is 0 Å². The minimum absolute atomic E-state index is 0.0200. The molecule has 0 unspecified atom stereocenters. The molecule has 2 rings (SSSR count). The summed E-state index contributed by atoms with van der Waals surface area (Å²) in [7, 11) is 0. The van der Waals surface area contributed by atoms with E-state index in [9.17, 15) is 4.79 Å². The molecule has 0 aliphatic rings. The lowest BCUT2D eigenvalue weighted by Crippen LogP contribution is -2.20. The summed E-state index contributed by atoms with van der Waals surface area (Å²) < 4.78 is 5.41. The van der Waals surface area contributed by atoms with Crippen molar-refractivity contribution in [1.29, 1.82) is 0 Å². The largest absolute Gasteiger partial charge is 0.484 e. The summed E-state index contributed by atoms with van der Waals surface area (Å²) >= 11 is 0. The van der Waals surface area contributed by atoms with E-state index in [0.29, 0.717) is 17.1 Å². The molecule has 4 nitrogen and oxygen atoms in total. The number of carbonyl (C=O) groups excluding carboxylic acids is 1. The minimum atomic E-state index is -0.203. The second-order valence-corrected chi connectivity index (χ2v) is 4.28. The van der Waals surface area contributed by atoms with E-state index in [2.05, 4.69) is 5.32 Å². The van der Waals surface area contributed by atoms with E-state index >= 15 is 0 Å². The van der Waals surface area contributed by atoms with Crippen molar-refractivity contribution in [2.45, 2.75) is 6.92 Å². The summed E-state index contributed by atoms with van der Waals surface area (Å²) in [6.45, 7) is 1.95. The number of hydrogen-bond acceptors (Lipinski definition) is 3. The first-order valence-electron chi connectivity index (χ1n) is 5.98. The predicted molar refractivity (Wildman–Crippen MR) is 76.2 cm³/mol. The van der Waals surface area contributed by atoms with Crippen molar-refractivity contribution in [3.63, 3.8) is 0 Å². The van der Waals surface area contributed by atoms with E-state index in [4.69, 9.17) is 10.5 Å². The van der Waals surface area contributed by atoms with E-state index in [1.165, 1.54) is 0 Å². The van der Waals surface area contributed by atoms with Crippen LogP contribution in [0.5, 0.6) is 5.75 Å². The highest BCUT2D eigenvalue weighted by Gasteiger charge is 2.03. The molecule has 4 heteroatoms. The molecule has 3 N–H and O–H groups in total. The number of amides is 1. The molecule has 1 amide bonds. The minimum Gasteiger partial charge on any atom is -0.484 e. The lowest BCUT2D eigenvalue weighted by Gasteiger charge is -2.08. The third kappa shape index (κ3) is 4.03. The van der Waals surface area contributed by atoms with Crippen LogP contribution in [-0.4, -0.2) is 12.5 Å². The van der Waals surface area contributed by atoms with Gasteiger partial charge in [0.1, 0.15) is 5.75 Å². The number of anilines is 2. The van der Waals surface area contributed by atoms with Crippen molar-refractivity contribution in [2.24, 2.45) is 0 Å². The van der Waals surface area contributed by atoms with Crippen LogP contribution in [0.1, 0.15) is 5.56 Å². The van der Waals surface area contributed by atoms with Crippen molar-refractivity contribution in [2.75, 3.05) is 17.7 Å². The molecule has 2 aromatic rings. The van der Waals surface area contributed by atoms with E-state index in [1.807, 2.05) is 31.2 Å². The lowest BCUT2D eigenvalue weighted by molar-refractivity contribution is -0.118. The maximum atomic E-state index is 11.7. The summed E-state index contributed by atoms with van der Waals surface area (Å²) in [4.78, 5) is 11.7. The molecule has 19 heavy (non-hydrogen) atoms. The van der Waals surface area contributed by atoms with Gasteiger partial charge in [0.05, 0.1) is 0 Å². The molecule has 0 saturated heterocycles. The number of aryl methyl sites for hydroxylation is 1. The molecule has 0 bridgehead atoms. The lowest BCUT2D eigenvalue weighted by atomic mass is 10.2. The van der Waals surface area contributed by atoms with Gasteiger partial charge in [0.2, 0.25) is 0 Å².